The van der Waals surface area contributed by atoms with Crippen molar-refractivity contribution in [3.63, 3.8) is 0 Å². The normalized spacial score (nSPS) is 11.1. The summed E-state index contributed by atoms with van der Waals surface area (Å²) >= 11 is 0. The number of anilines is 2. The molecule has 37 heavy (non-hydrogen) atoms. The molecule has 0 saturated heterocycles. The van der Waals surface area contributed by atoms with E-state index in [-0.39, 0.29) is 0 Å². The Kier molecular flexibility index (Phi) is 8.76. The standard InChI is InChI=1S/C29H30N4O4/c1-20-24-10-11-32-26(24)8-7-25(20)33-29-22(18-31-19-23(29)17-30)6-4-21-5-9-27(36-14-12-34-2)28(16-21)37-15-13-35-3/h4-11,16,18-19,32H,12-15H2,1-3H3,(H,31,33). The highest BCUT2D eigenvalue weighted by atomic mass is 16.5. The number of pyridine rings is 1. The maximum Gasteiger partial charge on any atom is 0.161 e. The number of hydrogen-bond donors (Lipinski definition) is 2. The molecular formula is C29H30N4O4. The van der Waals surface area contributed by atoms with Gasteiger partial charge in [0.15, 0.2) is 11.5 Å². The highest BCUT2D eigenvalue weighted by molar-refractivity contribution is 5.90. The Hall–Kier alpha value is -4.32. The molecule has 8 heteroatoms. The smallest absolute Gasteiger partial charge is 0.161 e. The van der Waals surface area contributed by atoms with Gasteiger partial charge < -0.3 is 29.2 Å². The number of aromatic amines is 1. The zero-order valence-corrected chi connectivity index (χ0v) is 21.2. The van der Waals surface area contributed by atoms with Crippen molar-refractivity contribution in [3.05, 3.63) is 77.2 Å². The van der Waals surface area contributed by atoms with Crippen LogP contribution in [0.4, 0.5) is 11.4 Å². The fourth-order valence-electron chi connectivity index (χ4n) is 3.90. The molecule has 0 spiro atoms. The summed E-state index contributed by atoms with van der Waals surface area (Å²) in [6.07, 6.45) is 9.11. The van der Waals surface area contributed by atoms with E-state index in [1.54, 1.807) is 26.6 Å². The van der Waals surface area contributed by atoms with Crippen LogP contribution < -0.4 is 14.8 Å². The Balaban J connectivity index is 1.62. The summed E-state index contributed by atoms with van der Waals surface area (Å²) < 4.78 is 21.9. The minimum Gasteiger partial charge on any atom is -0.487 e. The first kappa shape index (κ1) is 25.8. The zero-order valence-electron chi connectivity index (χ0n) is 21.2. The predicted molar refractivity (Wildman–Crippen MR) is 145 cm³/mol. The summed E-state index contributed by atoms with van der Waals surface area (Å²) in [7, 11) is 3.26. The van der Waals surface area contributed by atoms with Gasteiger partial charge in [0.1, 0.15) is 19.3 Å². The van der Waals surface area contributed by atoms with Crippen molar-refractivity contribution in [2.45, 2.75) is 6.92 Å². The van der Waals surface area contributed by atoms with Crippen LogP contribution in [0.25, 0.3) is 23.1 Å². The van der Waals surface area contributed by atoms with E-state index in [0.29, 0.717) is 49.2 Å². The lowest BCUT2D eigenvalue weighted by atomic mass is 10.1. The Bertz CT molecular complexity index is 1420. The number of nitrogens with one attached hydrogen (secondary N) is 2. The number of nitriles is 1. The first-order valence-electron chi connectivity index (χ1n) is 11.9. The van der Waals surface area contributed by atoms with Crippen LogP contribution in [0.3, 0.4) is 0 Å². The maximum absolute atomic E-state index is 9.76. The highest BCUT2D eigenvalue weighted by Gasteiger charge is 2.12. The summed E-state index contributed by atoms with van der Waals surface area (Å²) in [6.45, 7) is 3.82. The molecule has 2 heterocycles. The molecule has 0 saturated carbocycles. The molecule has 4 rings (SSSR count). The molecule has 0 bridgehead atoms. The SMILES string of the molecule is COCCOc1ccc(C=Cc2cncc(C#N)c2Nc2ccc3[nH]ccc3c2C)cc1OCCOC. The number of hydrogen-bond acceptors (Lipinski definition) is 7. The van der Waals surface area contributed by atoms with E-state index in [1.807, 2.05) is 54.7 Å². The van der Waals surface area contributed by atoms with E-state index in [4.69, 9.17) is 18.9 Å². The Morgan fingerprint density at radius 2 is 1.73 bits per heavy atom. The largest absolute Gasteiger partial charge is 0.487 e. The van der Waals surface area contributed by atoms with Gasteiger partial charge in [0.05, 0.1) is 24.5 Å². The molecule has 0 aliphatic heterocycles. The highest BCUT2D eigenvalue weighted by Crippen LogP contribution is 2.32. The average Bonchev–Trinajstić information content (AvgIpc) is 3.40. The van der Waals surface area contributed by atoms with Crippen molar-refractivity contribution in [1.29, 1.82) is 5.26 Å². The Morgan fingerprint density at radius 3 is 2.49 bits per heavy atom. The Labute approximate surface area is 216 Å². The lowest BCUT2D eigenvalue weighted by Crippen LogP contribution is -2.08. The molecule has 2 aromatic heterocycles. The lowest BCUT2D eigenvalue weighted by molar-refractivity contribution is 0.132. The number of rotatable bonds is 12. The van der Waals surface area contributed by atoms with Gasteiger partial charge in [-0.15, -0.1) is 0 Å². The van der Waals surface area contributed by atoms with Crippen LogP contribution in [0.15, 0.2) is 55.0 Å². The van der Waals surface area contributed by atoms with E-state index < -0.39 is 0 Å². The van der Waals surface area contributed by atoms with Crippen LogP contribution in [-0.2, 0) is 9.47 Å². The summed E-state index contributed by atoms with van der Waals surface area (Å²) in [5, 5.41) is 14.4. The van der Waals surface area contributed by atoms with Gasteiger partial charge in [-0.2, -0.15) is 5.26 Å². The molecule has 0 aliphatic carbocycles. The number of methoxy groups -OCH3 is 2. The van der Waals surface area contributed by atoms with Crippen LogP contribution in [0.5, 0.6) is 11.5 Å². The molecule has 8 nitrogen and oxygen atoms in total. The average molecular weight is 499 g/mol. The number of H-pyrrole nitrogens is 1. The molecule has 0 unspecified atom stereocenters. The third-order valence-corrected chi connectivity index (χ3v) is 5.87. The second-order valence-electron chi connectivity index (χ2n) is 8.29. The second-order valence-corrected chi connectivity index (χ2v) is 8.29. The van der Waals surface area contributed by atoms with Gasteiger partial charge >= 0.3 is 0 Å². The first-order chi connectivity index (χ1) is 18.1. The van der Waals surface area contributed by atoms with Gasteiger partial charge in [-0.05, 0) is 48.4 Å². The first-order valence-corrected chi connectivity index (χ1v) is 11.9. The fourth-order valence-corrected chi connectivity index (χ4v) is 3.90. The van der Waals surface area contributed by atoms with Gasteiger partial charge in [0, 0.05) is 55.0 Å². The van der Waals surface area contributed by atoms with Crippen molar-refractivity contribution in [2.24, 2.45) is 0 Å². The Morgan fingerprint density at radius 1 is 0.946 bits per heavy atom. The van der Waals surface area contributed by atoms with Gasteiger partial charge in [-0.1, -0.05) is 18.2 Å². The fraction of sp³-hybridized carbons (Fsp3) is 0.241. The summed E-state index contributed by atoms with van der Waals surface area (Å²) in [4.78, 5) is 7.50. The number of aryl methyl sites for hydroxylation is 1. The molecule has 190 valence electrons. The van der Waals surface area contributed by atoms with Crippen LogP contribution in [0, 0.1) is 18.3 Å². The number of ether oxygens (including phenoxy) is 4. The lowest BCUT2D eigenvalue weighted by Gasteiger charge is -2.14. The topological polar surface area (TPSA) is 101 Å². The van der Waals surface area contributed by atoms with E-state index in [0.717, 1.165) is 33.3 Å². The van der Waals surface area contributed by atoms with E-state index >= 15 is 0 Å². The van der Waals surface area contributed by atoms with Crippen molar-refractivity contribution < 1.29 is 18.9 Å². The number of fused-ring (bicyclic) bond motifs is 1. The number of aromatic nitrogens is 2. The monoisotopic (exact) mass is 498 g/mol. The van der Waals surface area contributed by atoms with Crippen LogP contribution in [0.2, 0.25) is 0 Å². The van der Waals surface area contributed by atoms with Crippen LogP contribution in [-0.4, -0.2) is 50.6 Å². The zero-order chi connectivity index (χ0) is 26.0. The van der Waals surface area contributed by atoms with Crippen molar-refractivity contribution in [2.75, 3.05) is 46.0 Å². The third-order valence-electron chi connectivity index (χ3n) is 5.87. The van der Waals surface area contributed by atoms with Crippen molar-refractivity contribution in [3.8, 4) is 17.6 Å². The molecule has 0 aliphatic rings. The molecule has 0 amide bonds. The minimum atomic E-state index is 0.400. The van der Waals surface area contributed by atoms with Gasteiger partial charge in [-0.3, -0.25) is 4.98 Å². The molecule has 0 fully saturated rings. The molecule has 0 atom stereocenters. The maximum atomic E-state index is 9.76. The summed E-state index contributed by atoms with van der Waals surface area (Å²) in [6, 6.07) is 14.1. The molecule has 0 radical (unpaired) electrons. The number of nitrogens with zero attached hydrogens (tertiary/aromatic N) is 2. The van der Waals surface area contributed by atoms with Gasteiger partial charge in [0.25, 0.3) is 0 Å². The van der Waals surface area contributed by atoms with Crippen molar-refractivity contribution in [1.82, 2.24) is 9.97 Å². The van der Waals surface area contributed by atoms with E-state index in [9.17, 15) is 5.26 Å². The molecule has 4 aromatic rings. The van der Waals surface area contributed by atoms with Gasteiger partial charge in [-0.25, -0.2) is 0 Å². The van der Waals surface area contributed by atoms with E-state index in [1.165, 1.54) is 0 Å². The minimum absolute atomic E-state index is 0.400. The second kappa shape index (κ2) is 12.6. The molecule has 2 N–H and O–H groups in total. The van der Waals surface area contributed by atoms with Crippen LogP contribution in [0.1, 0.15) is 22.3 Å². The summed E-state index contributed by atoms with van der Waals surface area (Å²) in [5.41, 5.74) is 5.94. The third kappa shape index (κ3) is 6.28. The van der Waals surface area contributed by atoms with Gasteiger partial charge in [0.2, 0.25) is 0 Å². The molecule has 2 aromatic carbocycles. The quantitative estimate of drug-likeness (QED) is 0.241. The number of benzene rings is 2. The van der Waals surface area contributed by atoms with Crippen molar-refractivity contribution >= 4 is 34.4 Å². The van der Waals surface area contributed by atoms with E-state index in [2.05, 4.69) is 28.3 Å². The predicted octanol–water partition coefficient (Wildman–Crippen LogP) is 5.71. The molecular weight excluding hydrogens is 468 g/mol. The van der Waals surface area contributed by atoms with Crippen LogP contribution >= 0.6 is 0 Å². The summed E-state index contributed by atoms with van der Waals surface area (Å²) in [5.74, 6) is 1.25.